The first-order chi connectivity index (χ1) is 15.9. The van der Waals surface area contributed by atoms with E-state index in [-0.39, 0.29) is 34.7 Å². The quantitative estimate of drug-likeness (QED) is 0.330. The van der Waals surface area contributed by atoms with Gasteiger partial charge in [0.05, 0.1) is 6.10 Å². The van der Waals surface area contributed by atoms with Gasteiger partial charge in [0.15, 0.2) is 11.5 Å². The standard InChI is InChI=1S/C29H36O5/c1-17(2)6-9-21-22(30)13-19(14-23(21)31)8-7-18-12-20-16-25-28(3,4)26(33)10-11-29(25,5)34-27(20)24(32)15-18/h6-8,12-15,25-26,30-33H,9-11,16H2,1-5H3/t25-,26-,29-/m1/s1. The molecule has 5 heteroatoms. The number of benzene rings is 2. The SMILES string of the molecule is CC(C)=CCc1c(O)cc(C=Cc2cc(O)c3c(c2)C[C@@H]2C(C)(C)[C@H](O)CC[C@@]2(C)O3)cc1O. The molecule has 0 spiro atoms. The highest BCUT2D eigenvalue weighted by Crippen LogP contribution is 2.54. The molecule has 2 aromatic rings. The topological polar surface area (TPSA) is 90.2 Å². The predicted molar refractivity (Wildman–Crippen MR) is 135 cm³/mol. The first-order valence-corrected chi connectivity index (χ1v) is 12.0. The van der Waals surface area contributed by atoms with Crippen molar-refractivity contribution in [3.63, 3.8) is 0 Å². The van der Waals surface area contributed by atoms with Crippen LogP contribution < -0.4 is 4.74 Å². The van der Waals surface area contributed by atoms with Gasteiger partial charge in [0.1, 0.15) is 17.1 Å². The third kappa shape index (κ3) is 4.41. The van der Waals surface area contributed by atoms with Crippen LogP contribution in [-0.4, -0.2) is 32.1 Å². The summed E-state index contributed by atoms with van der Waals surface area (Å²) in [5.41, 5.74) is 3.28. The van der Waals surface area contributed by atoms with Crippen LogP contribution in [0.3, 0.4) is 0 Å². The van der Waals surface area contributed by atoms with Gasteiger partial charge in [0.25, 0.3) is 0 Å². The van der Waals surface area contributed by atoms with Gasteiger partial charge >= 0.3 is 0 Å². The van der Waals surface area contributed by atoms with E-state index < -0.39 is 5.60 Å². The summed E-state index contributed by atoms with van der Waals surface area (Å²) in [4.78, 5) is 0. The normalized spacial score (nSPS) is 25.4. The molecule has 3 atom stereocenters. The maximum Gasteiger partial charge on any atom is 0.164 e. The van der Waals surface area contributed by atoms with Gasteiger partial charge in [-0.1, -0.05) is 37.6 Å². The van der Waals surface area contributed by atoms with Crippen molar-refractivity contribution in [2.24, 2.45) is 11.3 Å². The van der Waals surface area contributed by atoms with E-state index >= 15 is 0 Å². The first kappa shape index (κ1) is 24.2. The van der Waals surface area contributed by atoms with Gasteiger partial charge in [-0.3, -0.25) is 0 Å². The zero-order chi connectivity index (χ0) is 24.8. The number of aromatic hydroxyl groups is 3. The Hall–Kier alpha value is -2.92. The van der Waals surface area contributed by atoms with Crippen LogP contribution in [0.5, 0.6) is 23.0 Å². The summed E-state index contributed by atoms with van der Waals surface area (Å²) >= 11 is 0. The third-order valence-corrected chi connectivity index (χ3v) is 7.74. The number of allylic oxidation sites excluding steroid dienone is 2. The molecule has 0 radical (unpaired) electrons. The van der Waals surface area contributed by atoms with Crippen molar-refractivity contribution in [3.8, 4) is 23.0 Å². The largest absolute Gasteiger partial charge is 0.507 e. The lowest BCUT2D eigenvalue weighted by Gasteiger charge is -2.55. The van der Waals surface area contributed by atoms with Crippen molar-refractivity contribution < 1.29 is 25.2 Å². The van der Waals surface area contributed by atoms with Crippen molar-refractivity contribution in [2.75, 3.05) is 0 Å². The van der Waals surface area contributed by atoms with Crippen LogP contribution in [0.4, 0.5) is 0 Å². The highest BCUT2D eigenvalue weighted by atomic mass is 16.5. The molecule has 2 aromatic carbocycles. The van der Waals surface area contributed by atoms with E-state index in [9.17, 15) is 20.4 Å². The van der Waals surface area contributed by atoms with E-state index in [0.29, 0.717) is 36.1 Å². The lowest BCUT2D eigenvalue weighted by molar-refractivity contribution is -0.138. The van der Waals surface area contributed by atoms with Gasteiger partial charge in [0, 0.05) is 11.5 Å². The predicted octanol–water partition coefficient (Wildman–Crippen LogP) is 5.97. The summed E-state index contributed by atoms with van der Waals surface area (Å²) < 4.78 is 6.38. The zero-order valence-corrected chi connectivity index (χ0v) is 20.7. The van der Waals surface area contributed by atoms with Crippen LogP contribution in [0.1, 0.15) is 69.7 Å². The van der Waals surface area contributed by atoms with E-state index in [0.717, 1.165) is 23.1 Å². The second-order valence-electron chi connectivity index (χ2n) is 10.9. The molecule has 2 aliphatic rings. The smallest absolute Gasteiger partial charge is 0.164 e. The molecule has 4 rings (SSSR count). The minimum Gasteiger partial charge on any atom is -0.507 e. The fourth-order valence-corrected chi connectivity index (χ4v) is 5.57. The summed E-state index contributed by atoms with van der Waals surface area (Å²) in [6.07, 6.45) is 7.83. The monoisotopic (exact) mass is 464 g/mol. The average molecular weight is 465 g/mol. The van der Waals surface area contributed by atoms with Crippen LogP contribution in [0.2, 0.25) is 0 Å². The average Bonchev–Trinajstić information content (AvgIpc) is 2.74. The van der Waals surface area contributed by atoms with Gasteiger partial charge in [-0.15, -0.1) is 0 Å². The number of aliphatic hydroxyl groups is 1. The number of hydrogen-bond acceptors (Lipinski definition) is 5. The van der Waals surface area contributed by atoms with Gasteiger partial charge < -0.3 is 25.2 Å². The zero-order valence-electron chi connectivity index (χ0n) is 20.7. The van der Waals surface area contributed by atoms with E-state index in [1.807, 2.05) is 32.1 Å². The van der Waals surface area contributed by atoms with Gasteiger partial charge in [-0.05, 0) is 92.8 Å². The lowest BCUT2D eigenvalue weighted by Crippen LogP contribution is -2.58. The lowest BCUT2D eigenvalue weighted by atomic mass is 9.57. The van der Waals surface area contributed by atoms with Crippen LogP contribution in [-0.2, 0) is 12.8 Å². The molecule has 0 amide bonds. The van der Waals surface area contributed by atoms with E-state index in [1.54, 1.807) is 24.3 Å². The first-order valence-electron chi connectivity index (χ1n) is 12.0. The van der Waals surface area contributed by atoms with Crippen LogP contribution in [0.15, 0.2) is 35.9 Å². The van der Waals surface area contributed by atoms with Crippen LogP contribution in [0.25, 0.3) is 12.2 Å². The van der Waals surface area contributed by atoms with Gasteiger partial charge in [-0.2, -0.15) is 0 Å². The Morgan fingerprint density at radius 3 is 2.18 bits per heavy atom. The Balaban J connectivity index is 1.62. The van der Waals surface area contributed by atoms with Crippen molar-refractivity contribution in [2.45, 2.75) is 72.0 Å². The molecule has 1 saturated carbocycles. The number of ether oxygens (including phenoxy) is 1. The highest BCUT2D eigenvalue weighted by molar-refractivity contribution is 5.73. The second-order valence-corrected chi connectivity index (χ2v) is 10.9. The van der Waals surface area contributed by atoms with Crippen molar-refractivity contribution in [1.82, 2.24) is 0 Å². The number of aliphatic hydroxyl groups excluding tert-OH is 1. The fourth-order valence-electron chi connectivity index (χ4n) is 5.57. The van der Waals surface area contributed by atoms with Gasteiger partial charge in [-0.25, -0.2) is 0 Å². The number of hydrogen-bond donors (Lipinski definition) is 4. The molecule has 0 bridgehead atoms. The summed E-state index contributed by atoms with van der Waals surface area (Å²) in [5, 5.41) is 42.2. The molecule has 34 heavy (non-hydrogen) atoms. The molecule has 0 unspecified atom stereocenters. The minimum atomic E-state index is -0.424. The van der Waals surface area contributed by atoms with Crippen LogP contribution >= 0.6 is 0 Å². The van der Waals surface area contributed by atoms with E-state index in [4.69, 9.17) is 4.74 Å². The third-order valence-electron chi connectivity index (χ3n) is 7.74. The molecule has 1 fully saturated rings. The molecule has 4 N–H and O–H groups in total. The Labute approximate surface area is 202 Å². The molecule has 1 aliphatic carbocycles. The number of phenols is 3. The molecule has 182 valence electrons. The molecule has 0 saturated heterocycles. The fraction of sp³-hybridized carbons (Fsp3) is 0.448. The maximum absolute atomic E-state index is 10.8. The minimum absolute atomic E-state index is 0.0520. The molecule has 1 heterocycles. The molecular weight excluding hydrogens is 428 g/mol. The van der Waals surface area contributed by atoms with E-state index in [1.165, 1.54) is 0 Å². The Bertz CT molecular complexity index is 1130. The second kappa shape index (κ2) is 8.70. The number of fused-ring (bicyclic) bond motifs is 2. The van der Waals surface area contributed by atoms with Gasteiger partial charge in [0.2, 0.25) is 0 Å². The molecule has 0 aromatic heterocycles. The van der Waals surface area contributed by atoms with Crippen molar-refractivity contribution in [1.29, 1.82) is 0 Å². The van der Waals surface area contributed by atoms with Crippen molar-refractivity contribution in [3.05, 3.63) is 58.2 Å². The van der Waals surface area contributed by atoms with Crippen LogP contribution in [0, 0.1) is 11.3 Å². The summed E-state index contributed by atoms with van der Waals surface area (Å²) in [6.45, 7) is 10.2. The maximum atomic E-state index is 10.8. The Morgan fingerprint density at radius 1 is 0.971 bits per heavy atom. The molecular formula is C29H36O5. The number of phenolic OH excluding ortho intramolecular Hbond substituents is 3. The Morgan fingerprint density at radius 2 is 1.56 bits per heavy atom. The van der Waals surface area contributed by atoms with E-state index in [2.05, 4.69) is 20.8 Å². The molecule has 5 nitrogen and oxygen atoms in total. The summed E-state index contributed by atoms with van der Waals surface area (Å²) in [7, 11) is 0. The molecule has 1 aliphatic heterocycles. The Kier molecular flexibility index (Phi) is 6.19. The summed E-state index contributed by atoms with van der Waals surface area (Å²) in [6, 6.07) is 6.93. The van der Waals surface area contributed by atoms with Crippen molar-refractivity contribution >= 4 is 12.2 Å². The number of rotatable bonds is 4. The highest BCUT2D eigenvalue weighted by Gasteiger charge is 2.54. The summed E-state index contributed by atoms with van der Waals surface area (Å²) in [5.74, 6) is 0.857.